The Bertz CT molecular complexity index is 1120. The van der Waals surface area contributed by atoms with E-state index in [1.165, 1.54) is 0 Å². The molecule has 0 amide bonds. The molecule has 7 nitrogen and oxygen atoms in total. The first-order chi connectivity index (χ1) is 16.0. The molecule has 33 heavy (non-hydrogen) atoms. The number of anilines is 1. The van der Waals surface area contributed by atoms with Gasteiger partial charge in [-0.2, -0.15) is 0 Å². The molecule has 2 N–H and O–H groups in total. The van der Waals surface area contributed by atoms with Gasteiger partial charge in [-0.3, -0.25) is 9.78 Å². The Balaban J connectivity index is 1.38. The zero-order chi connectivity index (χ0) is 22.9. The van der Waals surface area contributed by atoms with Crippen LogP contribution in [0.25, 0.3) is 11.1 Å². The number of nitrogens with zero attached hydrogens (tertiary/aromatic N) is 4. The van der Waals surface area contributed by atoms with Crippen LogP contribution in [-0.4, -0.2) is 59.9 Å². The minimum absolute atomic E-state index is 0.00367. The van der Waals surface area contributed by atoms with Crippen molar-refractivity contribution in [3.8, 4) is 0 Å². The van der Waals surface area contributed by atoms with E-state index in [2.05, 4.69) is 28.8 Å². The summed E-state index contributed by atoms with van der Waals surface area (Å²) in [5.74, 6) is 0.945. The number of hydrogen-bond acceptors (Lipinski definition) is 7. The third-order valence-electron chi connectivity index (χ3n) is 7.15. The van der Waals surface area contributed by atoms with Crippen LogP contribution in [0, 0.1) is 5.92 Å². The van der Waals surface area contributed by atoms with Gasteiger partial charge in [0.2, 0.25) is 0 Å². The maximum atomic E-state index is 13.3. The Morgan fingerprint density at radius 2 is 2.03 bits per heavy atom. The van der Waals surface area contributed by atoms with Crippen molar-refractivity contribution >= 4 is 22.6 Å². The fraction of sp³-hybridized carbons (Fsp3) is 0.500. The summed E-state index contributed by atoms with van der Waals surface area (Å²) in [7, 11) is 2.16. The van der Waals surface area contributed by atoms with E-state index in [9.17, 15) is 4.79 Å². The molecule has 3 aromatic heterocycles. The fourth-order valence-corrected chi connectivity index (χ4v) is 5.42. The Morgan fingerprint density at radius 1 is 1.21 bits per heavy atom. The lowest BCUT2D eigenvalue weighted by atomic mass is 9.90. The molecule has 2 saturated heterocycles. The zero-order valence-corrected chi connectivity index (χ0v) is 19.5. The molecule has 0 aromatic carbocycles. The molecule has 0 unspecified atom stereocenters. The molecule has 174 valence electrons. The standard InChI is InChI=1S/C26H33N5O2/c1-17-11-20(27)15-31(14-17)23-5-8-28-13-19(23)12-24(32)22-3-4-25-26(29-22)21(16-33-25)18-6-9-30(2)10-7-18/h3-5,8,13,16-18,20H,6-7,9-12,14-15,27H2,1-2H3/t17-,20+/m1/s1. The van der Waals surface area contributed by atoms with Gasteiger partial charge in [-0.1, -0.05) is 6.92 Å². The van der Waals surface area contributed by atoms with Crippen LogP contribution in [0.5, 0.6) is 0 Å². The number of pyridine rings is 2. The molecule has 0 bridgehead atoms. The van der Waals surface area contributed by atoms with Gasteiger partial charge in [0.05, 0.1) is 6.26 Å². The molecule has 5 rings (SSSR count). The van der Waals surface area contributed by atoms with Crippen LogP contribution in [0.4, 0.5) is 5.69 Å². The van der Waals surface area contributed by atoms with Gasteiger partial charge in [-0.15, -0.1) is 0 Å². The summed E-state index contributed by atoms with van der Waals surface area (Å²) in [4.78, 5) is 27.0. The lowest BCUT2D eigenvalue weighted by molar-refractivity contribution is 0.0988. The average Bonchev–Trinajstić information content (AvgIpc) is 3.22. The van der Waals surface area contributed by atoms with E-state index < -0.39 is 0 Å². The number of piperidine rings is 2. The average molecular weight is 448 g/mol. The van der Waals surface area contributed by atoms with E-state index in [4.69, 9.17) is 15.1 Å². The van der Waals surface area contributed by atoms with Crippen molar-refractivity contribution in [3.63, 3.8) is 0 Å². The summed E-state index contributed by atoms with van der Waals surface area (Å²) in [5.41, 5.74) is 11.4. The third-order valence-corrected chi connectivity index (χ3v) is 7.15. The summed E-state index contributed by atoms with van der Waals surface area (Å²) in [5, 5.41) is 0. The number of carbonyl (C=O) groups excluding carboxylic acids is 1. The highest BCUT2D eigenvalue weighted by atomic mass is 16.3. The first-order valence-corrected chi connectivity index (χ1v) is 12.0. The number of Topliss-reactive ketones (excluding diaryl/α,β-unsaturated/α-hetero) is 1. The van der Waals surface area contributed by atoms with E-state index >= 15 is 0 Å². The molecular weight excluding hydrogens is 414 g/mol. The van der Waals surface area contributed by atoms with Gasteiger partial charge in [0.25, 0.3) is 0 Å². The second-order valence-corrected chi connectivity index (χ2v) is 9.92. The Morgan fingerprint density at radius 3 is 2.82 bits per heavy atom. The highest BCUT2D eigenvalue weighted by Crippen LogP contribution is 2.33. The lowest BCUT2D eigenvalue weighted by Crippen LogP contribution is -2.46. The number of likely N-dealkylation sites (tertiary alicyclic amines) is 1. The van der Waals surface area contributed by atoms with E-state index in [1.807, 2.05) is 18.4 Å². The Labute approximate surface area is 195 Å². The highest BCUT2D eigenvalue weighted by Gasteiger charge is 2.26. The van der Waals surface area contributed by atoms with Crippen LogP contribution in [0.2, 0.25) is 0 Å². The number of fused-ring (bicyclic) bond motifs is 1. The zero-order valence-electron chi connectivity index (χ0n) is 19.5. The fourth-order valence-electron chi connectivity index (χ4n) is 5.42. The predicted octanol–water partition coefficient (Wildman–Crippen LogP) is 3.63. The molecule has 0 aliphatic carbocycles. The van der Waals surface area contributed by atoms with Crippen LogP contribution in [-0.2, 0) is 6.42 Å². The maximum absolute atomic E-state index is 13.3. The van der Waals surface area contributed by atoms with E-state index in [-0.39, 0.29) is 18.2 Å². The quantitative estimate of drug-likeness (QED) is 0.598. The molecular formula is C26H33N5O2. The summed E-state index contributed by atoms with van der Waals surface area (Å²) >= 11 is 0. The Kier molecular flexibility index (Phi) is 6.17. The first kappa shape index (κ1) is 22.0. The Hall–Kier alpha value is -2.77. The van der Waals surface area contributed by atoms with E-state index in [0.717, 1.165) is 73.4 Å². The van der Waals surface area contributed by atoms with Gasteiger partial charge < -0.3 is 20.0 Å². The van der Waals surface area contributed by atoms with Crippen molar-refractivity contribution in [2.45, 2.75) is 44.6 Å². The van der Waals surface area contributed by atoms with Crippen molar-refractivity contribution in [1.82, 2.24) is 14.9 Å². The lowest BCUT2D eigenvalue weighted by Gasteiger charge is -2.37. The van der Waals surface area contributed by atoms with Crippen LogP contribution >= 0.6 is 0 Å². The first-order valence-electron chi connectivity index (χ1n) is 12.0. The van der Waals surface area contributed by atoms with Gasteiger partial charge >= 0.3 is 0 Å². The molecule has 0 radical (unpaired) electrons. The minimum Gasteiger partial charge on any atom is -0.462 e. The minimum atomic E-state index is -0.00367. The van der Waals surface area contributed by atoms with E-state index in [1.54, 1.807) is 18.5 Å². The molecule has 7 heteroatoms. The summed E-state index contributed by atoms with van der Waals surface area (Å²) in [6, 6.07) is 5.80. The molecule has 2 aliphatic heterocycles. The van der Waals surface area contributed by atoms with Gasteiger partial charge in [0.15, 0.2) is 11.4 Å². The van der Waals surface area contributed by atoms with Crippen LogP contribution < -0.4 is 10.6 Å². The molecule has 2 fully saturated rings. The maximum Gasteiger partial charge on any atom is 0.185 e. The van der Waals surface area contributed by atoms with Gasteiger partial charge in [0.1, 0.15) is 11.2 Å². The van der Waals surface area contributed by atoms with Gasteiger partial charge in [-0.25, -0.2) is 4.98 Å². The summed E-state index contributed by atoms with van der Waals surface area (Å²) in [6.45, 7) is 6.10. The van der Waals surface area contributed by atoms with Crippen LogP contribution in [0.3, 0.4) is 0 Å². The molecule has 0 saturated carbocycles. The molecule has 5 heterocycles. The number of nitrogens with two attached hydrogens (primary N) is 1. The highest BCUT2D eigenvalue weighted by molar-refractivity contribution is 5.98. The van der Waals surface area contributed by atoms with Crippen LogP contribution in [0.1, 0.15) is 53.7 Å². The number of carbonyl (C=O) groups is 1. The van der Waals surface area contributed by atoms with Gasteiger partial charge in [-0.05, 0) is 69.4 Å². The number of furan rings is 1. The molecule has 0 spiro atoms. The van der Waals surface area contributed by atoms with E-state index in [0.29, 0.717) is 17.5 Å². The van der Waals surface area contributed by atoms with Crippen molar-refractivity contribution < 1.29 is 9.21 Å². The summed E-state index contributed by atoms with van der Waals surface area (Å²) in [6.07, 6.45) is 8.90. The number of rotatable bonds is 5. The topological polar surface area (TPSA) is 88.5 Å². The SMILES string of the molecule is C[C@@H]1C[C@H](N)CN(c2ccncc2CC(=O)c2ccc3occ(C4CCN(C)CC4)c3n2)C1. The predicted molar refractivity (Wildman–Crippen MR) is 130 cm³/mol. The van der Waals surface area contributed by atoms with Crippen molar-refractivity contribution in [3.05, 3.63) is 53.7 Å². The molecule has 3 aromatic rings. The molecule has 2 aliphatic rings. The molecule has 2 atom stereocenters. The summed E-state index contributed by atoms with van der Waals surface area (Å²) < 4.78 is 5.78. The third kappa shape index (κ3) is 4.66. The number of aromatic nitrogens is 2. The van der Waals surface area contributed by atoms with Crippen molar-refractivity contribution in [2.75, 3.05) is 38.1 Å². The number of ketones is 1. The second-order valence-electron chi connectivity index (χ2n) is 9.92. The number of hydrogen-bond donors (Lipinski definition) is 1. The van der Waals surface area contributed by atoms with Crippen LogP contribution in [0.15, 0.2) is 41.3 Å². The normalized spacial score (nSPS) is 22.7. The second kappa shape index (κ2) is 9.23. The van der Waals surface area contributed by atoms with Crippen molar-refractivity contribution in [1.29, 1.82) is 0 Å². The monoisotopic (exact) mass is 447 g/mol. The smallest absolute Gasteiger partial charge is 0.185 e. The van der Waals surface area contributed by atoms with Crippen molar-refractivity contribution in [2.24, 2.45) is 11.7 Å². The largest absolute Gasteiger partial charge is 0.462 e. The van der Waals surface area contributed by atoms with Gasteiger partial charge in [0, 0.05) is 54.8 Å².